The molecule has 0 aliphatic rings. The molecule has 124 valence electrons. The minimum Gasteiger partial charge on any atom is -0.348 e. The SMILES string of the molecule is CC(C)c1ccc([C@H](NC(=O)CSc2ncn[nH]2)C(C)C)cc1. The molecule has 0 spiro atoms. The molecule has 1 aromatic carbocycles. The topological polar surface area (TPSA) is 70.7 Å². The van der Waals surface area contributed by atoms with Gasteiger partial charge in [-0.25, -0.2) is 4.98 Å². The number of rotatable bonds is 7. The smallest absolute Gasteiger partial charge is 0.230 e. The quantitative estimate of drug-likeness (QED) is 0.761. The number of benzene rings is 1. The van der Waals surface area contributed by atoms with Gasteiger partial charge in [0.25, 0.3) is 0 Å². The van der Waals surface area contributed by atoms with Crippen LogP contribution in [-0.4, -0.2) is 26.8 Å². The third-order valence-electron chi connectivity index (χ3n) is 3.68. The lowest BCUT2D eigenvalue weighted by Gasteiger charge is -2.23. The van der Waals surface area contributed by atoms with Gasteiger partial charge in [-0.2, -0.15) is 5.10 Å². The maximum absolute atomic E-state index is 12.2. The van der Waals surface area contributed by atoms with Crippen LogP contribution in [0.15, 0.2) is 35.7 Å². The Balaban J connectivity index is 1.98. The molecule has 0 aliphatic heterocycles. The number of H-pyrrole nitrogens is 1. The molecule has 1 heterocycles. The molecular weight excluding hydrogens is 308 g/mol. The first-order valence-electron chi connectivity index (χ1n) is 7.84. The van der Waals surface area contributed by atoms with Crippen LogP contribution in [0.5, 0.6) is 0 Å². The summed E-state index contributed by atoms with van der Waals surface area (Å²) in [7, 11) is 0. The highest BCUT2D eigenvalue weighted by molar-refractivity contribution is 7.99. The summed E-state index contributed by atoms with van der Waals surface area (Å²) in [5.41, 5.74) is 2.45. The number of amides is 1. The molecule has 6 heteroatoms. The average Bonchev–Trinajstić information content (AvgIpc) is 3.04. The lowest BCUT2D eigenvalue weighted by molar-refractivity contribution is -0.119. The van der Waals surface area contributed by atoms with E-state index in [1.165, 1.54) is 23.7 Å². The monoisotopic (exact) mass is 332 g/mol. The van der Waals surface area contributed by atoms with Crippen LogP contribution >= 0.6 is 11.8 Å². The number of hydrogen-bond acceptors (Lipinski definition) is 4. The molecule has 0 bridgehead atoms. The van der Waals surface area contributed by atoms with E-state index in [-0.39, 0.29) is 11.9 Å². The van der Waals surface area contributed by atoms with E-state index in [0.29, 0.717) is 22.7 Å². The average molecular weight is 332 g/mol. The van der Waals surface area contributed by atoms with Gasteiger partial charge < -0.3 is 5.32 Å². The summed E-state index contributed by atoms with van der Waals surface area (Å²) in [4.78, 5) is 16.2. The Bertz CT molecular complexity index is 608. The van der Waals surface area contributed by atoms with E-state index in [0.717, 1.165) is 5.56 Å². The molecule has 1 aromatic heterocycles. The molecule has 1 atom stereocenters. The Morgan fingerprint density at radius 3 is 2.35 bits per heavy atom. The van der Waals surface area contributed by atoms with E-state index < -0.39 is 0 Å². The Hall–Kier alpha value is -1.82. The van der Waals surface area contributed by atoms with E-state index in [9.17, 15) is 4.79 Å². The summed E-state index contributed by atoms with van der Waals surface area (Å²) in [5, 5.41) is 10.3. The van der Waals surface area contributed by atoms with Gasteiger partial charge in [0, 0.05) is 0 Å². The molecule has 2 rings (SSSR count). The van der Waals surface area contributed by atoms with Crippen LogP contribution in [0.25, 0.3) is 0 Å². The summed E-state index contributed by atoms with van der Waals surface area (Å²) < 4.78 is 0. The molecule has 2 aromatic rings. The summed E-state index contributed by atoms with van der Waals surface area (Å²) in [5.74, 6) is 1.15. The van der Waals surface area contributed by atoms with Crippen LogP contribution < -0.4 is 5.32 Å². The van der Waals surface area contributed by atoms with Crippen LogP contribution in [0.1, 0.15) is 50.8 Å². The van der Waals surface area contributed by atoms with Gasteiger partial charge >= 0.3 is 0 Å². The molecule has 0 unspecified atom stereocenters. The van der Waals surface area contributed by atoms with Crippen molar-refractivity contribution >= 4 is 17.7 Å². The summed E-state index contributed by atoms with van der Waals surface area (Å²) in [6.07, 6.45) is 1.44. The second-order valence-electron chi connectivity index (χ2n) is 6.19. The largest absolute Gasteiger partial charge is 0.348 e. The number of carbonyl (C=O) groups excluding carboxylic acids is 1. The van der Waals surface area contributed by atoms with Crippen LogP contribution in [0.3, 0.4) is 0 Å². The molecule has 0 radical (unpaired) electrons. The van der Waals surface area contributed by atoms with E-state index in [2.05, 4.69) is 72.5 Å². The van der Waals surface area contributed by atoms with Crippen molar-refractivity contribution in [2.24, 2.45) is 5.92 Å². The van der Waals surface area contributed by atoms with Gasteiger partial charge in [-0.15, -0.1) is 0 Å². The van der Waals surface area contributed by atoms with Crippen LogP contribution in [-0.2, 0) is 4.79 Å². The van der Waals surface area contributed by atoms with Crippen molar-refractivity contribution in [3.8, 4) is 0 Å². The van der Waals surface area contributed by atoms with Gasteiger partial charge in [-0.05, 0) is 23.0 Å². The molecule has 0 saturated heterocycles. The van der Waals surface area contributed by atoms with Crippen LogP contribution in [0.4, 0.5) is 0 Å². The zero-order valence-electron chi connectivity index (χ0n) is 14.0. The second-order valence-corrected chi connectivity index (χ2v) is 7.15. The normalized spacial score (nSPS) is 12.6. The molecule has 0 saturated carbocycles. The molecule has 0 aliphatic carbocycles. The number of thioether (sulfide) groups is 1. The van der Waals surface area contributed by atoms with E-state index in [4.69, 9.17) is 0 Å². The Morgan fingerprint density at radius 2 is 1.83 bits per heavy atom. The standard InChI is InChI=1S/C17H24N4OS/c1-11(2)13-5-7-14(8-6-13)16(12(3)4)20-15(22)9-23-17-18-10-19-21-17/h5-8,10-12,16H,9H2,1-4H3,(H,20,22)(H,18,19,21)/t16-/m1/s1. The number of aromatic amines is 1. The van der Waals surface area contributed by atoms with Gasteiger partial charge in [0.15, 0.2) is 5.16 Å². The van der Waals surface area contributed by atoms with Crippen molar-refractivity contribution in [2.75, 3.05) is 5.75 Å². The third kappa shape index (κ3) is 5.10. The highest BCUT2D eigenvalue weighted by Gasteiger charge is 2.18. The van der Waals surface area contributed by atoms with E-state index >= 15 is 0 Å². The highest BCUT2D eigenvalue weighted by atomic mass is 32.2. The maximum atomic E-state index is 12.2. The number of nitrogens with zero attached hydrogens (tertiary/aromatic N) is 2. The van der Waals surface area contributed by atoms with Gasteiger partial charge in [0.05, 0.1) is 11.8 Å². The van der Waals surface area contributed by atoms with Gasteiger partial charge in [-0.1, -0.05) is 63.7 Å². The van der Waals surface area contributed by atoms with Gasteiger partial charge in [-0.3, -0.25) is 9.89 Å². The fourth-order valence-corrected chi connectivity index (χ4v) is 2.93. The van der Waals surface area contributed by atoms with Gasteiger partial charge in [0.1, 0.15) is 6.33 Å². The van der Waals surface area contributed by atoms with Gasteiger partial charge in [0.2, 0.25) is 5.91 Å². The summed E-state index contributed by atoms with van der Waals surface area (Å²) in [6.45, 7) is 8.59. The Labute approximate surface area is 141 Å². The molecule has 5 nitrogen and oxygen atoms in total. The number of aromatic nitrogens is 3. The summed E-state index contributed by atoms with van der Waals surface area (Å²) in [6, 6.07) is 8.53. The predicted molar refractivity (Wildman–Crippen MR) is 93.4 cm³/mol. The highest BCUT2D eigenvalue weighted by Crippen LogP contribution is 2.24. The molecule has 1 amide bonds. The molecule has 2 N–H and O–H groups in total. The number of carbonyl (C=O) groups is 1. The lowest BCUT2D eigenvalue weighted by atomic mass is 9.93. The van der Waals surface area contributed by atoms with E-state index in [1.807, 2.05) is 0 Å². The van der Waals surface area contributed by atoms with Crippen molar-refractivity contribution in [1.29, 1.82) is 0 Å². The summed E-state index contributed by atoms with van der Waals surface area (Å²) >= 11 is 1.35. The number of hydrogen-bond donors (Lipinski definition) is 2. The fourth-order valence-electron chi connectivity index (χ4n) is 2.34. The zero-order valence-corrected chi connectivity index (χ0v) is 14.9. The predicted octanol–water partition coefficient (Wildman–Crippen LogP) is 3.53. The first-order chi connectivity index (χ1) is 11.0. The lowest BCUT2D eigenvalue weighted by Crippen LogP contribution is -2.33. The third-order valence-corrected chi connectivity index (χ3v) is 4.55. The number of nitrogens with one attached hydrogen (secondary N) is 2. The van der Waals surface area contributed by atoms with Crippen molar-refractivity contribution in [3.63, 3.8) is 0 Å². The first kappa shape index (κ1) is 17.5. The maximum Gasteiger partial charge on any atom is 0.230 e. The molecular formula is C17H24N4OS. The molecule has 0 fully saturated rings. The zero-order chi connectivity index (χ0) is 16.8. The van der Waals surface area contributed by atoms with Crippen molar-refractivity contribution in [2.45, 2.75) is 44.8 Å². The fraction of sp³-hybridized carbons (Fsp3) is 0.471. The van der Waals surface area contributed by atoms with Crippen molar-refractivity contribution in [1.82, 2.24) is 20.5 Å². The first-order valence-corrected chi connectivity index (χ1v) is 8.83. The minimum atomic E-state index is -0.00182. The van der Waals surface area contributed by atoms with E-state index in [1.54, 1.807) is 0 Å². The van der Waals surface area contributed by atoms with Crippen LogP contribution in [0.2, 0.25) is 0 Å². The Morgan fingerprint density at radius 1 is 1.17 bits per heavy atom. The Kier molecular flexibility index (Phi) is 6.21. The minimum absolute atomic E-state index is 0.00182. The van der Waals surface area contributed by atoms with Crippen molar-refractivity contribution in [3.05, 3.63) is 41.7 Å². The molecule has 23 heavy (non-hydrogen) atoms. The van der Waals surface area contributed by atoms with Crippen molar-refractivity contribution < 1.29 is 4.79 Å². The van der Waals surface area contributed by atoms with Crippen LogP contribution in [0, 0.1) is 5.92 Å². The second kappa shape index (κ2) is 8.15.